The summed E-state index contributed by atoms with van der Waals surface area (Å²) >= 11 is 5.79. The summed E-state index contributed by atoms with van der Waals surface area (Å²) in [5.41, 5.74) is 0.336. The Morgan fingerprint density at radius 2 is 1.81 bits per heavy atom. The molecule has 0 aliphatic carbocycles. The molecule has 0 aliphatic heterocycles. The van der Waals surface area contributed by atoms with Crippen LogP contribution < -0.4 is 5.63 Å². The number of rotatable bonds is 2. The van der Waals surface area contributed by atoms with E-state index in [1.54, 1.807) is 48.5 Å². The van der Waals surface area contributed by atoms with Crippen LogP contribution >= 0.6 is 11.6 Å². The lowest BCUT2D eigenvalue weighted by Gasteiger charge is -2.02. The first-order valence-electron chi connectivity index (χ1n) is 6.19. The van der Waals surface area contributed by atoms with Crippen LogP contribution in [-0.2, 0) is 0 Å². The molecule has 0 fully saturated rings. The third-order valence-corrected chi connectivity index (χ3v) is 3.24. The second-order valence-corrected chi connectivity index (χ2v) is 4.82. The smallest absolute Gasteiger partial charge is 0.348 e. The van der Waals surface area contributed by atoms with E-state index in [-0.39, 0.29) is 11.3 Å². The molecule has 3 rings (SSSR count). The summed E-state index contributed by atoms with van der Waals surface area (Å²) in [4.78, 5) is 16.0. The predicted octanol–water partition coefficient (Wildman–Crippen LogP) is 3.90. The predicted molar refractivity (Wildman–Crippen MR) is 82.9 cm³/mol. The van der Waals surface area contributed by atoms with Crippen molar-refractivity contribution in [3.05, 3.63) is 69.5 Å². The van der Waals surface area contributed by atoms with E-state index in [1.807, 2.05) is 0 Å². The van der Waals surface area contributed by atoms with Gasteiger partial charge in [0.2, 0.25) is 0 Å². The van der Waals surface area contributed by atoms with Gasteiger partial charge in [-0.25, -0.2) is 4.79 Å². The lowest BCUT2D eigenvalue weighted by molar-refractivity contribution is 0.466. The molecular weight excluding hydrogens is 290 g/mol. The Bertz CT molecular complexity index is 882. The highest BCUT2D eigenvalue weighted by Crippen LogP contribution is 2.25. The Hall–Kier alpha value is -2.59. The lowest BCUT2D eigenvalue weighted by Crippen LogP contribution is -2.06. The van der Waals surface area contributed by atoms with Crippen molar-refractivity contribution in [2.75, 3.05) is 0 Å². The number of aromatic hydroxyl groups is 1. The molecule has 4 nitrogen and oxygen atoms in total. The Labute approximate surface area is 124 Å². The number of nitrogens with zero attached hydrogens (tertiary/aromatic N) is 1. The molecule has 0 saturated heterocycles. The van der Waals surface area contributed by atoms with Gasteiger partial charge in [-0.3, -0.25) is 4.99 Å². The van der Waals surface area contributed by atoms with Gasteiger partial charge in [-0.05, 0) is 36.4 Å². The third kappa shape index (κ3) is 2.66. The molecule has 0 radical (unpaired) electrons. The van der Waals surface area contributed by atoms with Crippen LogP contribution in [0.4, 0.5) is 5.69 Å². The van der Waals surface area contributed by atoms with Crippen LogP contribution in [0.2, 0.25) is 5.02 Å². The quantitative estimate of drug-likeness (QED) is 0.576. The molecule has 0 spiro atoms. The molecule has 3 aromatic rings. The van der Waals surface area contributed by atoms with E-state index in [0.29, 0.717) is 21.7 Å². The second kappa shape index (κ2) is 5.42. The maximum Gasteiger partial charge on any atom is 0.348 e. The van der Waals surface area contributed by atoms with Gasteiger partial charge in [-0.1, -0.05) is 23.7 Å². The van der Waals surface area contributed by atoms with Gasteiger partial charge in [-0.15, -0.1) is 0 Å². The van der Waals surface area contributed by atoms with Crippen molar-refractivity contribution in [3.8, 4) is 5.75 Å². The van der Waals surface area contributed by atoms with Gasteiger partial charge >= 0.3 is 5.63 Å². The van der Waals surface area contributed by atoms with Gasteiger partial charge in [0.1, 0.15) is 16.9 Å². The van der Waals surface area contributed by atoms with Crippen LogP contribution in [-0.4, -0.2) is 11.3 Å². The summed E-state index contributed by atoms with van der Waals surface area (Å²) in [7, 11) is 0. The highest BCUT2D eigenvalue weighted by atomic mass is 35.5. The molecule has 0 atom stereocenters. The van der Waals surface area contributed by atoms with Gasteiger partial charge in [-0.2, -0.15) is 0 Å². The fourth-order valence-electron chi connectivity index (χ4n) is 1.93. The van der Waals surface area contributed by atoms with Gasteiger partial charge in [0.25, 0.3) is 0 Å². The first-order valence-corrected chi connectivity index (χ1v) is 6.57. The first-order chi connectivity index (χ1) is 10.1. The zero-order valence-corrected chi connectivity index (χ0v) is 11.5. The maximum absolute atomic E-state index is 11.9. The van der Waals surface area contributed by atoms with Crippen molar-refractivity contribution in [1.29, 1.82) is 0 Å². The van der Waals surface area contributed by atoms with E-state index in [0.717, 1.165) is 0 Å². The molecule has 1 heterocycles. The Morgan fingerprint density at radius 1 is 1.10 bits per heavy atom. The van der Waals surface area contributed by atoms with E-state index in [4.69, 9.17) is 16.0 Å². The van der Waals surface area contributed by atoms with Crippen LogP contribution in [0.1, 0.15) is 5.56 Å². The van der Waals surface area contributed by atoms with E-state index in [9.17, 15) is 9.90 Å². The molecule has 5 heteroatoms. The van der Waals surface area contributed by atoms with Crippen molar-refractivity contribution in [1.82, 2.24) is 0 Å². The van der Waals surface area contributed by atoms with Crippen molar-refractivity contribution >= 4 is 34.5 Å². The van der Waals surface area contributed by atoms with E-state index < -0.39 is 5.63 Å². The molecular formula is C16H10ClNO3. The number of halogens is 1. The molecule has 2 aromatic carbocycles. The van der Waals surface area contributed by atoms with Crippen LogP contribution in [0.5, 0.6) is 5.75 Å². The Morgan fingerprint density at radius 3 is 2.57 bits per heavy atom. The van der Waals surface area contributed by atoms with Crippen LogP contribution in [0.25, 0.3) is 11.0 Å². The zero-order chi connectivity index (χ0) is 14.8. The number of para-hydroxylation sites is 1. The Balaban J connectivity index is 2.08. The number of benzene rings is 2. The maximum atomic E-state index is 11.9. The normalized spacial score (nSPS) is 11.3. The summed E-state index contributed by atoms with van der Waals surface area (Å²) < 4.78 is 5.15. The molecule has 0 amide bonds. The third-order valence-electron chi connectivity index (χ3n) is 2.99. The molecule has 1 N–H and O–H groups in total. The largest absolute Gasteiger partial charge is 0.506 e. The molecule has 21 heavy (non-hydrogen) atoms. The molecule has 0 bridgehead atoms. The molecule has 104 valence electrons. The van der Waals surface area contributed by atoms with Crippen LogP contribution in [0.15, 0.2) is 62.7 Å². The summed E-state index contributed by atoms with van der Waals surface area (Å²) in [6.45, 7) is 0. The van der Waals surface area contributed by atoms with Crippen molar-refractivity contribution in [2.24, 2.45) is 4.99 Å². The molecule has 1 aromatic heterocycles. The minimum atomic E-state index is -0.635. The van der Waals surface area contributed by atoms with E-state index in [2.05, 4.69) is 4.99 Å². The number of hydrogen-bond donors (Lipinski definition) is 1. The van der Waals surface area contributed by atoms with Crippen LogP contribution in [0, 0.1) is 0 Å². The standard InChI is InChI=1S/C16H10ClNO3/c17-10-5-7-11(8-6-10)18-9-13-15(19)12-3-1-2-4-14(12)21-16(13)20/h1-9,19H. The summed E-state index contributed by atoms with van der Waals surface area (Å²) in [6.07, 6.45) is 1.29. The monoisotopic (exact) mass is 299 g/mol. The van der Waals surface area contributed by atoms with Crippen molar-refractivity contribution in [3.63, 3.8) is 0 Å². The second-order valence-electron chi connectivity index (χ2n) is 4.38. The SMILES string of the molecule is O=c1oc2ccccc2c(O)c1C=Nc1ccc(Cl)cc1. The lowest BCUT2D eigenvalue weighted by atomic mass is 10.1. The van der Waals surface area contributed by atoms with Crippen molar-refractivity contribution in [2.45, 2.75) is 0 Å². The summed E-state index contributed by atoms with van der Waals surface area (Å²) in [5.74, 6) is -0.139. The minimum absolute atomic E-state index is 0.0173. The average Bonchev–Trinajstić information content (AvgIpc) is 2.49. The molecule has 0 unspecified atom stereocenters. The average molecular weight is 300 g/mol. The number of fused-ring (bicyclic) bond motifs is 1. The number of hydrogen-bond acceptors (Lipinski definition) is 4. The minimum Gasteiger partial charge on any atom is -0.506 e. The fourth-order valence-corrected chi connectivity index (χ4v) is 2.05. The number of aliphatic imine (C=N–C) groups is 1. The van der Waals surface area contributed by atoms with E-state index >= 15 is 0 Å². The summed E-state index contributed by atoms with van der Waals surface area (Å²) in [5, 5.41) is 11.2. The highest BCUT2D eigenvalue weighted by Gasteiger charge is 2.11. The molecule has 0 saturated carbocycles. The topological polar surface area (TPSA) is 62.8 Å². The fraction of sp³-hybridized carbons (Fsp3) is 0. The van der Waals surface area contributed by atoms with Crippen LogP contribution in [0.3, 0.4) is 0 Å². The molecule has 0 aliphatic rings. The van der Waals surface area contributed by atoms with Gasteiger partial charge in [0.15, 0.2) is 0 Å². The first kappa shape index (κ1) is 13.4. The summed E-state index contributed by atoms with van der Waals surface area (Å²) in [6, 6.07) is 13.6. The van der Waals surface area contributed by atoms with Gasteiger partial charge in [0.05, 0.1) is 11.1 Å². The zero-order valence-electron chi connectivity index (χ0n) is 10.8. The van der Waals surface area contributed by atoms with Gasteiger partial charge in [0, 0.05) is 11.2 Å². The van der Waals surface area contributed by atoms with E-state index in [1.165, 1.54) is 6.21 Å². The highest BCUT2D eigenvalue weighted by molar-refractivity contribution is 6.30. The Kier molecular flexibility index (Phi) is 3.46. The van der Waals surface area contributed by atoms with Crippen molar-refractivity contribution < 1.29 is 9.52 Å². The van der Waals surface area contributed by atoms with Gasteiger partial charge < -0.3 is 9.52 Å².